The molecule has 0 saturated heterocycles. The summed E-state index contributed by atoms with van der Waals surface area (Å²) in [6, 6.07) is 10.7. The Kier molecular flexibility index (Phi) is 5.65. The fourth-order valence-corrected chi connectivity index (χ4v) is 4.46. The maximum absolute atomic E-state index is 12.6. The number of aromatic nitrogens is 2. The molecule has 4 rings (SSSR count). The first kappa shape index (κ1) is 22.2. The van der Waals surface area contributed by atoms with Crippen molar-refractivity contribution in [2.45, 2.75) is 65.5 Å². The standard InChI is InChI=1S/C26H34N4O2/c1-16-8-9-18(14-17(16)2)27-23-13-11-20-21-15-19(29(6)25(31)32-26(3,4)5)10-12-22(21)30(7)24(20)28-23/h8-9,11,13-14,19H,10,12,15H2,1-7H3,(H,27,28). The van der Waals surface area contributed by atoms with Gasteiger partial charge in [0.05, 0.1) is 0 Å². The van der Waals surface area contributed by atoms with Crippen LogP contribution < -0.4 is 5.32 Å². The molecule has 0 saturated carbocycles. The average molecular weight is 435 g/mol. The molecular weight excluding hydrogens is 400 g/mol. The highest BCUT2D eigenvalue weighted by Crippen LogP contribution is 2.33. The second-order valence-electron chi connectivity index (χ2n) is 9.96. The lowest BCUT2D eigenvalue weighted by atomic mass is 9.91. The van der Waals surface area contributed by atoms with Gasteiger partial charge in [0, 0.05) is 36.9 Å². The number of pyridine rings is 1. The molecule has 6 nitrogen and oxygen atoms in total. The lowest BCUT2D eigenvalue weighted by Gasteiger charge is -2.33. The third kappa shape index (κ3) is 4.31. The molecule has 170 valence electrons. The Morgan fingerprint density at radius 3 is 2.62 bits per heavy atom. The number of nitrogens with one attached hydrogen (secondary N) is 1. The number of hydrogen-bond donors (Lipinski definition) is 1. The minimum Gasteiger partial charge on any atom is -0.444 e. The third-order valence-corrected chi connectivity index (χ3v) is 6.43. The Balaban J connectivity index is 1.59. The molecule has 0 aliphatic heterocycles. The Morgan fingerprint density at radius 2 is 1.94 bits per heavy atom. The zero-order valence-corrected chi connectivity index (χ0v) is 20.2. The summed E-state index contributed by atoms with van der Waals surface area (Å²) < 4.78 is 7.79. The van der Waals surface area contributed by atoms with E-state index in [-0.39, 0.29) is 12.1 Å². The molecule has 32 heavy (non-hydrogen) atoms. The molecule has 1 N–H and O–H groups in total. The van der Waals surface area contributed by atoms with Crippen LogP contribution in [0.3, 0.4) is 0 Å². The molecule has 1 unspecified atom stereocenters. The van der Waals surface area contributed by atoms with Crippen LogP contribution in [-0.2, 0) is 24.6 Å². The highest BCUT2D eigenvalue weighted by atomic mass is 16.6. The summed E-state index contributed by atoms with van der Waals surface area (Å²) in [5.41, 5.74) is 6.66. The Labute approximate surface area is 190 Å². The van der Waals surface area contributed by atoms with Crippen molar-refractivity contribution in [1.82, 2.24) is 14.5 Å². The number of amides is 1. The van der Waals surface area contributed by atoms with Gasteiger partial charge in [-0.25, -0.2) is 9.78 Å². The van der Waals surface area contributed by atoms with Gasteiger partial charge in [-0.1, -0.05) is 6.07 Å². The van der Waals surface area contributed by atoms with Crippen LogP contribution >= 0.6 is 0 Å². The van der Waals surface area contributed by atoms with Crippen LogP contribution in [0.15, 0.2) is 30.3 Å². The maximum atomic E-state index is 12.6. The molecule has 0 spiro atoms. The number of ether oxygens (including phenoxy) is 1. The molecule has 2 heterocycles. The number of aryl methyl sites for hydroxylation is 3. The van der Waals surface area contributed by atoms with Gasteiger partial charge in [0.25, 0.3) is 0 Å². The molecule has 1 aliphatic carbocycles. The van der Waals surface area contributed by atoms with Crippen LogP contribution in [0.5, 0.6) is 0 Å². The zero-order valence-electron chi connectivity index (χ0n) is 20.2. The smallest absolute Gasteiger partial charge is 0.410 e. The molecule has 0 bridgehead atoms. The van der Waals surface area contributed by atoms with E-state index in [9.17, 15) is 4.79 Å². The molecular formula is C26H34N4O2. The second kappa shape index (κ2) is 8.15. The number of likely N-dealkylation sites (N-methyl/N-ethyl adjacent to an activating group) is 1. The van der Waals surface area contributed by atoms with Crippen molar-refractivity contribution in [3.05, 3.63) is 52.7 Å². The molecule has 0 fully saturated rings. The van der Waals surface area contributed by atoms with E-state index in [1.165, 1.54) is 22.4 Å². The largest absolute Gasteiger partial charge is 0.444 e. The monoisotopic (exact) mass is 434 g/mol. The molecule has 1 atom stereocenters. The van der Waals surface area contributed by atoms with Crippen molar-refractivity contribution >= 4 is 28.6 Å². The normalized spacial score (nSPS) is 16.0. The van der Waals surface area contributed by atoms with Gasteiger partial charge in [-0.15, -0.1) is 0 Å². The van der Waals surface area contributed by atoms with Crippen molar-refractivity contribution in [3.63, 3.8) is 0 Å². The first-order valence-corrected chi connectivity index (χ1v) is 11.3. The van der Waals surface area contributed by atoms with E-state index in [0.717, 1.165) is 41.8 Å². The average Bonchev–Trinajstić information content (AvgIpc) is 3.00. The SMILES string of the molecule is Cc1ccc(Nc2ccc3c4c(n(C)c3n2)CCC(N(C)C(=O)OC(C)(C)C)C4)cc1C. The number of anilines is 2. The van der Waals surface area contributed by atoms with E-state index in [1.54, 1.807) is 4.90 Å². The molecule has 1 aliphatic rings. The van der Waals surface area contributed by atoms with Crippen LogP contribution in [0.4, 0.5) is 16.3 Å². The van der Waals surface area contributed by atoms with Crippen LogP contribution in [0.1, 0.15) is 49.6 Å². The highest BCUT2D eigenvalue weighted by molar-refractivity contribution is 5.85. The minimum atomic E-state index is -0.492. The van der Waals surface area contributed by atoms with Crippen molar-refractivity contribution in [3.8, 4) is 0 Å². The summed E-state index contributed by atoms with van der Waals surface area (Å²) in [7, 11) is 3.94. The number of fused-ring (bicyclic) bond motifs is 3. The maximum Gasteiger partial charge on any atom is 0.410 e. The zero-order chi connectivity index (χ0) is 23.2. The molecule has 6 heteroatoms. The predicted octanol–water partition coefficient (Wildman–Crippen LogP) is 5.66. The van der Waals surface area contributed by atoms with Gasteiger partial charge in [-0.2, -0.15) is 0 Å². The third-order valence-electron chi connectivity index (χ3n) is 6.43. The molecule has 0 radical (unpaired) electrons. The van der Waals surface area contributed by atoms with Gasteiger partial charge in [0.15, 0.2) is 0 Å². The lowest BCUT2D eigenvalue weighted by molar-refractivity contribution is 0.0210. The molecule has 1 amide bonds. The quantitative estimate of drug-likeness (QED) is 0.578. The van der Waals surface area contributed by atoms with E-state index < -0.39 is 5.60 Å². The van der Waals surface area contributed by atoms with E-state index in [2.05, 4.69) is 55.0 Å². The Bertz CT molecular complexity index is 1170. The molecule has 1 aromatic carbocycles. The van der Waals surface area contributed by atoms with Crippen LogP contribution in [0.25, 0.3) is 11.0 Å². The highest BCUT2D eigenvalue weighted by Gasteiger charge is 2.31. The Hall–Kier alpha value is -3.02. The van der Waals surface area contributed by atoms with Crippen molar-refractivity contribution < 1.29 is 9.53 Å². The number of rotatable bonds is 3. The summed E-state index contributed by atoms with van der Waals surface area (Å²) in [6.07, 6.45) is 2.39. The number of nitrogens with zero attached hydrogens (tertiary/aromatic N) is 3. The van der Waals surface area contributed by atoms with Crippen molar-refractivity contribution in [2.75, 3.05) is 12.4 Å². The summed E-state index contributed by atoms with van der Waals surface area (Å²) in [5.74, 6) is 0.834. The summed E-state index contributed by atoms with van der Waals surface area (Å²) in [4.78, 5) is 19.3. The van der Waals surface area contributed by atoms with Crippen LogP contribution in [-0.4, -0.2) is 39.2 Å². The van der Waals surface area contributed by atoms with Crippen LogP contribution in [0.2, 0.25) is 0 Å². The van der Waals surface area contributed by atoms with Crippen LogP contribution in [0, 0.1) is 13.8 Å². The number of benzene rings is 1. The first-order valence-electron chi connectivity index (χ1n) is 11.3. The van der Waals surface area contributed by atoms with Gasteiger partial charge in [-0.05, 0) is 94.8 Å². The number of carbonyl (C=O) groups excluding carboxylic acids is 1. The topological polar surface area (TPSA) is 59.4 Å². The van der Waals surface area contributed by atoms with Gasteiger partial charge < -0.3 is 19.5 Å². The fraction of sp³-hybridized carbons (Fsp3) is 0.462. The van der Waals surface area contributed by atoms with E-state index >= 15 is 0 Å². The van der Waals surface area contributed by atoms with Crippen molar-refractivity contribution in [2.24, 2.45) is 7.05 Å². The number of hydrogen-bond acceptors (Lipinski definition) is 4. The number of carbonyl (C=O) groups is 1. The first-order chi connectivity index (χ1) is 15.0. The van der Waals surface area contributed by atoms with Gasteiger partial charge >= 0.3 is 6.09 Å². The minimum absolute atomic E-state index is 0.122. The fourth-order valence-electron chi connectivity index (χ4n) is 4.46. The molecule has 2 aromatic heterocycles. The summed E-state index contributed by atoms with van der Waals surface area (Å²) in [5, 5.41) is 4.60. The van der Waals surface area contributed by atoms with Crippen molar-refractivity contribution in [1.29, 1.82) is 0 Å². The second-order valence-corrected chi connectivity index (χ2v) is 9.96. The van der Waals surface area contributed by atoms with E-state index in [1.807, 2.05) is 33.9 Å². The predicted molar refractivity (Wildman–Crippen MR) is 130 cm³/mol. The van der Waals surface area contributed by atoms with E-state index in [4.69, 9.17) is 9.72 Å². The van der Waals surface area contributed by atoms with Gasteiger partial charge in [0.1, 0.15) is 17.1 Å². The van der Waals surface area contributed by atoms with E-state index in [0.29, 0.717) is 0 Å². The molecule has 3 aromatic rings. The summed E-state index contributed by atoms with van der Waals surface area (Å²) >= 11 is 0. The van der Waals surface area contributed by atoms with Gasteiger partial charge in [0.2, 0.25) is 0 Å². The lowest BCUT2D eigenvalue weighted by Crippen LogP contribution is -2.43. The summed E-state index contributed by atoms with van der Waals surface area (Å²) in [6.45, 7) is 9.94. The van der Waals surface area contributed by atoms with Gasteiger partial charge in [-0.3, -0.25) is 0 Å². The Morgan fingerprint density at radius 1 is 1.19 bits per heavy atom.